The molecule has 6 nitrogen and oxygen atoms in total. The fraction of sp³-hybridized carbons (Fsp3) is 0.304. The molecule has 29 heavy (non-hydrogen) atoms. The first kappa shape index (κ1) is 18.1. The summed E-state index contributed by atoms with van der Waals surface area (Å²) in [5, 5.41) is 0.908. The van der Waals surface area contributed by atoms with E-state index >= 15 is 0 Å². The number of nitrogens with zero attached hydrogens (tertiary/aromatic N) is 2. The predicted octanol–water partition coefficient (Wildman–Crippen LogP) is 2.92. The van der Waals surface area contributed by atoms with Crippen molar-refractivity contribution in [1.82, 2.24) is 20.7 Å². The molecule has 3 atom stereocenters. The fourth-order valence-corrected chi connectivity index (χ4v) is 4.67. The number of carbonyl (C=O) groups is 1. The van der Waals surface area contributed by atoms with E-state index in [4.69, 9.17) is 4.74 Å². The van der Waals surface area contributed by atoms with Gasteiger partial charge >= 0.3 is 0 Å². The van der Waals surface area contributed by atoms with Crippen molar-refractivity contribution in [3.05, 3.63) is 71.9 Å². The van der Waals surface area contributed by atoms with Crippen molar-refractivity contribution in [3.8, 4) is 5.75 Å². The molecule has 0 aliphatic carbocycles. The summed E-state index contributed by atoms with van der Waals surface area (Å²) in [7, 11) is 1.70. The van der Waals surface area contributed by atoms with Crippen molar-refractivity contribution < 1.29 is 9.53 Å². The van der Waals surface area contributed by atoms with Gasteiger partial charge in [-0.2, -0.15) is 0 Å². The third-order valence-corrected chi connectivity index (χ3v) is 6.15. The van der Waals surface area contributed by atoms with E-state index in [0.29, 0.717) is 12.6 Å². The highest BCUT2D eigenvalue weighted by Gasteiger charge is 2.42. The molecule has 2 saturated heterocycles. The third kappa shape index (κ3) is 3.14. The molecule has 3 unspecified atom stereocenters. The van der Waals surface area contributed by atoms with Gasteiger partial charge in [0.2, 0.25) is 0 Å². The molecule has 2 aromatic carbocycles. The summed E-state index contributed by atoms with van der Waals surface area (Å²) >= 11 is 0. The first-order chi connectivity index (χ1) is 14.3. The molecule has 0 radical (unpaired) electrons. The van der Waals surface area contributed by atoms with Crippen molar-refractivity contribution in [2.24, 2.45) is 5.92 Å². The molecule has 2 aliphatic heterocycles. The Bertz CT molecular complexity index is 1050. The van der Waals surface area contributed by atoms with Crippen LogP contribution in [0.3, 0.4) is 0 Å². The molecule has 1 amide bonds. The van der Waals surface area contributed by atoms with Gasteiger partial charge in [0, 0.05) is 42.2 Å². The number of likely N-dealkylation sites (tertiary alicyclic amines) is 1. The van der Waals surface area contributed by atoms with E-state index in [1.165, 1.54) is 0 Å². The quantitative estimate of drug-likeness (QED) is 0.722. The monoisotopic (exact) mass is 388 g/mol. The van der Waals surface area contributed by atoms with Gasteiger partial charge in [0.1, 0.15) is 5.75 Å². The van der Waals surface area contributed by atoms with Crippen LogP contribution in [0.1, 0.15) is 28.4 Å². The average molecular weight is 388 g/mol. The van der Waals surface area contributed by atoms with E-state index in [1.54, 1.807) is 13.3 Å². The number of pyridine rings is 1. The maximum Gasteiger partial charge on any atom is 0.254 e. The number of para-hydroxylation sites is 2. The lowest BCUT2D eigenvalue weighted by atomic mass is 9.84. The molecule has 3 heterocycles. The van der Waals surface area contributed by atoms with Crippen LogP contribution in [-0.4, -0.2) is 42.0 Å². The van der Waals surface area contributed by atoms with Crippen molar-refractivity contribution in [2.75, 3.05) is 20.2 Å². The second-order valence-electron chi connectivity index (χ2n) is 7.69. The molecular weight excluding hydrogens is 364 g/mol. The number of rotatable bonds is 3. The summed E-state index contributed by atoms with van der Waals surface area (Å²) < 4.78 is 5.57. The topological polar surface area (TPSA) is 66.5 Å². The van der Waals surface area contributed by atoms with E-state index in [0.717, 1.165) is 40.7 Å². The van der Waals surface area contributed by atoms with E-state index in [1.807, 2.05) is 53.4 Å². The number of methoxy groups -OCH3 is 1. The Morgan fingerprint density at radius 3 is 2.83 bits per heavy atom. The predicted molar refractivity (Wildman–Crippen MR) is 112 cm³/mol. The second-order valence-corrected chi connectivity index (χ2v) is 7.69. The Labute approximate surface area is 169 Å². The molecule has 5 rings (SSSR count). The van der Waals surface area contributed by atoms with Gasteiger partial charge in [0.25, 0.3) is 5.91 Å². The molecule has 2 N–H and O–H groups in total. The Morgan fingerprint density at radius 1 is 1.10 bits per heavy atom. The number of nitrogens with one attached hydrogen (secondary N) is 2. The molecular formula is C23H24N4O2. The molecule has 0 saturated carbocycles. The minimum atomic E-state index is 0.0766. The number of carbonyl (C=O) groups excluding carboxylic acids is 1. The van der Waals surface area contributed by atoms with Crippen LogP contribution < -0.4 is 15.6 Å². The second kappa shape index (κ2) is 7.46. The Morgan fingerprint density at radius 2 is 1.93 bits per heavy atom. The zero-order valence-corrected chi connectivity index (χ0v) is 16.3. The normalized spacial score (nSPS) is 23.8. The molecule has 148 valence electrons. The van der Waals surface area contributed by atoms with Gasteiger partial charge in [0.15, 0.2) is 0 Å². The van der Waals surface area contributed by atoms with E-state index in [2.05, 4.69) is 21.9 Å². The van der Waals surface area contributed by atoms with Gasteiger partial charge in [-0.25, -0.2) is 5.43 Å². The first-order valence-electron chi connectivity index (χ1n) is 10.0. The zero-order valence-electron chi connectivity index (χ0n) is 16.3. The highest BCUT2D eigenvalue weighted by atomic mass is 16.5. The number of amides is 1. The molecule has 2 aliphatic rings. The van der Waals surface area contributed by atoms with Crippen LogP contribution in [0.5, 0.6) is 5.75 Å². The van der Waals surface area contributed by atoms with Crippen molar-refractivity contribution in [2.45, 2.75) is 18.5 Å². The van der Waals surface area contributed by atoms with Crippen LogP contribution in [0.4, 0.5) is 0 Å². The molecule has 6 heteroatoms. The smallest absolute Gasteiger partial charge is 0.254 e. The maximum absolute atomic E-state index is 13.4. The van der Waals surface area contributed by atoms with Crippen molar-refractivity contribution in [3.63, 3.8) is 0 Å². The summed E-state index contributed by atoms with van der Waals surface area (Å²) in [6.07, 6.45) is 2.64. The zero-order chi connectivity index (χ0) is 19.8. The van der Waals surface area contributed by atoms with Crippen LogP contribution in [-0.2, 0) is 0 Å². The number of hydrogen-bond donors (Lipinski definition) is 2. The van der Waals surface area contributed by atoms with E-state index < -0.39 is 0 Å². The van der Waals surface area contributed by atoms with E-state index in [9.17, 15) is 4.79 Å². The Hall–Kier alpha value is -2.96. The maximum atomic E-state index is 13.4. The lowest BCUT2D eigenvalue weighted by Gasteiger charge is -2.36. The SMILES string of the molecule is COc1ccccc1C1NNC2CCN(C(=O)c3ccnc4ccccc34)CC21. The van der Waals surface area contributed by atoms with E-state index in [-0.39, 0.29) is 17.9 Å². The van der Waals surface area contributed by atoms with Gasteiger partial charge in [-0.15, -0.1) is 0 Å². The van der Waals surface area contributed by atoms with Gasteiger partial charge in [-0.3, -0.25) is 15.2 Å². The van der Waals surface area contributed by atoms with Crippen LogP contribution in [0.15, 0.2) is 60.8 Å². The number of benzene rings is 2. The number of aromatic nitrogens is 1. The number of fused-ring (bicyclic) bond motifs is 2. The molecule has 3 aromatic rings. The van der Waals surface area contributed by atoms with Crippen LogP contribution in [0.2, 0.25) is 0 Å². The van der Waals surface area contributed by atoms with Crippen molar-refractivity contribution in [1.29, 1.82) is 0 Å². The summed E-state index contributed by atoms with van der Waals surface area (Å²) in [6, 6.07) is 18.2. The molecule has 1 aromatic heterocycles. The molecule has 0 bridgehead atoms. The number of hydrogen-bond acceptors (Lipinski definition) is 5. The summed E-state index contributed by atoms with van der Waals surface area (Å²) in [4.78, 5) is 19.8. The standard InChI is InChI=1S/C23H24N4O2/c1-29-21-9-5-3-7-17(21)22-18-14-27(13-11-20(18)25-26-22)23(28)16-10-12-24-19-8-4-2-6-15(16)19/h2-10,12,18,20,22,25-26H,11,13-14H2,1H3. The third-order valence-electron chi connectivity index (χ3n) is 6.15. The fourth-order valence-electron chi connectivity index (χ4n) is 4.67. The Balaban J connectivity index is 1.43. The average Bonchev–Trinajstić information content (AvgIpc) is 3.21. The lowest BCUT2D eigenvalue weighted by molar-refractivity contribution is 0.0654. The largest absolute Gasteiger partial charge is 0.496 e. The first-order valence-corrected chi connectivity index (χ1v) is 10.0. The van der Waals surface area contributed by atoms with Crippen LogP contribution in [0.25, 0.3) is 10.9 Å². The minimum absolute atomic E-state index is 0.0766. The van der Waals surface area contributed by atoms with Gasteiger partial charge in [-0.1, -0.05) is 36.4 Å². The minimum Gasteiger partial charge on any atom is -0.496 e. The lowest BCUT2D eigenvalue weighted by Crippen LogP contribution is -2.47. The van der Waals surface area contributed by atoms with Gasteiger partial charge < -0.3 is 9.64 Å². The van der Waals surface area contributed by atoms with Crippen LogP contribution >= 0.6 is 0 Å². The highest BCUT2D eigenvalue weighted by molar-refractivity contribution is 6.06. The number of hydrazine groups is 1. The summed E-state index contributed by atoms with van der Waals surface area (Å²) in [5.41, 5.74) is 9.57. The number of piperidine rings is 1. The van der Waals surface area contributed by atoms with Crippen LogP contribution in [0, 0.1) is 5.92 Å². The number of ether oxygens (including phenoxy) is 1. The highest BCUT2D eigenvalue weighted by Crippen LogP contribution is 2.38. The summed E-state index contributed by atoms with van der Waals surface area (Å²) in [6.45, 7) is 1.44. The van der Waals surface area contributed by atoms with Gasteiger partial charge in [0.05, 0.1) is 24.2 Å². The molecule has 2 fully saturated rings. The summed E-state index contributed by atoms with van der Waals surface area (Å²) in [5.74, 6) is 1.22. The van der Waals surface area contributed by atoms with Crippen molar-refractivity contribution >= 4 is 16.8 Å². The Kier molecular flexibility index (Phi) is 4.66. The molecule has 0 spiro atoms. The van der Waals surface area contributed by atoms with Gasteiger partial charge in [-0.05, 0) is 24.6 Å².